The fraction of sp³-hybridized carbons (Fsp3) is 0.263. The summed E-state index contributed by atoms with van der Waals surface area (Å²) in [6, 6.07) is 8.06. The van der Waals surface area contributed by atoms with E-state index in [1.54, 1.807) is 6.92 Å². The second-order valence-corrected chi connectivity index (χ2v) is 5.41. The van der Waals surface area contributed by atoms with Crippen molar-refractivity contribution in [2.45, 2.75) is 13.5 Å². The van der Waals surface area contributed by atoms with Crippen LogP contribution in [0, 0.1) is 6.92 Å². The molecule has 6 nitrogen and oxygen atoms in total. The van der Waals surface area contributed by atoms with E-state index in [9.17, 15) is 18.4 Å². The van der Waals surface area contributed by atoms with E-state index in [0.29, 0.717) is 11.5 Å². The fourth-order valence-electron chi connectivity index (χ4n) is 2.32. The molecule has 144 valence electrons. The summed E-state index contributed by atoms with van der Waals surface area (Å²) in [5.41, 5.74) is 1.09. The second-order valence-electron chi connectivity index (χ2n) is 5.41. The summed E-state index contributed by atoms with van der Waals surface area (Å²) in [6.45, 7) is -1.68. The summed E-state index contributed by atoms with van der Waals surface area (Å²) in [7, 11) is 2.92. The zero-order valence-corrected chi connectivity index (χ0v) is 15.0. The number of benzene rings is 2. The second kappa shape index (κ2) is 8.98. The molecule has 27 heavy (non-hydrogen) atoms. The molecule has 0 N–H and O–H groups in total. The Morgan fingerprint density at radius 1 is 0.963 bits per heavy atom. The summed E-state index contributed by atoms with van der Waals surface area (Å²) < 4.78 is 43.9. The first kappa shape index (κ1) is 20.2. The van der Waals surface area contributed by atoms with Crippen molar-refractivity contribution in [1.29, 1.82) is 0 Å². The molecule has 0 spiro atoms. The molecule has 0 radical (unpaired) electrons. The molecule has 2 rings (SSSR count). The minimum Gasteiger partial charge on any atom is -0.496 e. The van der Waals surface area contributed by atoms with Crippen LogP contribution in [-0.4, -0.2) is 39.2 Å². The van der Waals surface area contributed by atoms with Crippen LogP contribution in [0.2, 0.25) is 0 Å². The molecule has 0 aliphatic rings. The van der Waals surface area contributed by atoms with Gasteiger partial charge in [0.05, 0.1) is 19.8 Å². The van der Waals surface area contributed by atoms with Gasteiger partial charge in [0, 0.05) is 11.1 Å². The van der Waals surface area contributed by atoms with Gasteiger partial charge in [-0.3, -0.25) is 4.79 Å². The Balaban J connectivity index is 2.03. The highest BCUT2D eigenvalue weighted by Crippen LogP contribution is 2.29. The van der Waals surface area contributed by atoms with E-state index in [-0.39, 0.29) is 16.9 Å². The molecule has 0 aliphatic carbocycles. The molecule has 0 aliphatic heterocycles. The van der Waals surface area contributed by atoms with Crippen molar-refractivity contribution in [2.75, 3.05) is 20.8 Å². The van der Waals surface area contributed by atoms with Gasteiger partial charge in [0.2, 0.25) is 0 Å². The van der Waals surface area contributed by atoms with Crippen LogP contribution in [0.15, 0.2) is 36.4 Å². The van der Waals surface area contributed by atoms with Gasteiger partial charge in [0.25, 0.3) is 0 Å². The van der Waals surface area contributed by atoms with E-state index >= 15 is 0 Å². The fourth-order valence-corrected chi connectivity index (χ4v) is 2.32. The minimum atomic E-state index is -2.95. The van der Waals surface area contributed by atoms with Gasteiger partial charge in [-0.15, -0.1) is 0 Å². The molecule has 0 unspecified atom stereocenters. The normalized spacial score (nSPS) is 10.4. The van der Waals surface area contributed by atoms with Crippen molar-refractivity contribution in [3.8, 4) is 17.2 Å². The number of esters is 1. The Bertz CT molecular complexity index is 792. The first-order valence-corrected chi connectivity index (χ1v) is 7.83. The van der Waals surface area contributed by atoms with Crippen LogP contribution in [0.1, 0.15) is 26.3 Å². The first-order valence-electron chi connectivity index (χ1n) is 7.83. The van der Waals surface area contributed by atoms with Crippen LogP contribution >= 0.6 is 0 Å². The molecule has 8 heteroatoms. The molecule has 0 bridgehead atoms. The number of ketones is 1. The monoisotopic (exact) mass is 380 g/mol. The van der Waals surface area contributed by atoms with Gasteiger partial charge in [-0.25, -0.2) is 4.79 Å². The third-order valence-electron chi connectivity index (χ3n) is 3.72. The van der Waals surface area contributed by atoms with Crippen molar-refractivity contribution < 1.29 is 37.3 Å². The lowest BCUT2D eigenvalue weighted by Crippen LogP contribution is -2.14. The quantitative estimate of drug-likeness (QED) is 0.514. The maximum Gasteiger partial charge on any atom is 0.387 e. The number of halogens is 2. The lowest BCUT2D eigenvalue weighted by molar-refractivity contribution is -0.0498. The van der Waals surface area contributed by atoms with Crippen molar-refractivity contribution in [3.05, 3.63) is 53.1 Å². The summed E-state index contributed by atoms with van der Waals surface area (Å²) in [5.74, 6) is -0.391. The average Bonchev–Trinajstić information content (AvgIpc) is 2.66. The van der Waals surface area contributed by atoms with Gasteiger partial charge >= 0.3 is 12.6 Å². The highest BCUT2D eigenvalue weighted by molar-refractivity contribution is 5.99. The largest absolute Gasteiger partial charge is 0.496 e. The molecule has 0 fully saturated rings. The van der Waals surface area contributed by atoms with Gasteiger partial charge in [-0.05, 0) is 43.3 Å². The average molecular weight is 380 g/mol. The molecule has 0 atom stereocenters. The predicted octanol–water partition coefficient (Wildman–Crippen LogP) is 3.65. The number of ether oxygens (including phenoxy) is 4. The van der Waals surface area contributed by atoms with Crippen LogP contribution in [-0.2, 0) is 4.74 Å². The van der Waals surface area contributed by atoms with Crippen molar-refractivity contribution >= 4 is 11.8 Å². The van der Waals surface area contributed by atoms with E-state index in [0.717, 1.165) is 5.56 Å². The molecule has 0 heterocycles. The van der Waals surface area contributed by atoms with Crippen molar-refractivity contribution in [3.63, 3.8) is 0 Å². The molecule has 0 saturated heterocycles. The van der Waals surface area contributed by atoms with Crippen LogP contribution in [0.25, 0.3) is 0 Å². The van der Waals surface area contributed by atoms with Crippen LogP contribution < -0.4 is 14.2 Å². The van der Waals surface area contributed by atoms with Gasteiger partial charge < -0.3 is 18.9 Å². The summed E-state index contributed by atoms with van der Waals surface area (Å²) in [4.78, 5) is 24.3. The Morgan fingerprint density at radius 2 is 1.52 bits per heavy atom. The molecule has 2 aromatic rings. The topological polar surface area (TPSA) is 71.1 Å². The Kier molecular flexibility index (Phi) is 6.70. The van der Waals surface area contributed by atoms with E-state index in [2.05, 4.69) is 4.74 Å². The maximum atomic E-state index is 12.2. The summed E-state index contributed by atoms with van der Waals surface area (Å²) in [6.07, 6.45) is 0. The van der Waals surface area contributed by atoms with Gasteiger partial charge in [-0.1, -0.05) is 0 Å². The zero-order chi connectivity index (χ0) is 20.0. The number of carbonyl (C=O) groups excluding carboxylic acids is 2. The highest BCUT2D eigenvalue weighted by Gasteiger charge is 2.17. The molecular formula is C19H18F2O6. The van der Waals surface area contributed by atoms with E-state index in [1.165, 1.54) is 50.6 Å². The van der Waals surface area contributed by atoms with E-state index in [4.69, 9.17) is 14.2 Å². The van der Waals surface area contributed by atoms with Gasteiger partial charge in [-0.2, -0.15) is 8.78 Å². The maximum absolute atomic E-state index is 12.2. The van der Waals surface area contributed by atoms with Crippen molar-refractivity contribution in [2.24, 2.45) is 0 Å². The molecule has 0 amide bonds. The zero-order valence-electron chi connectivity index (χ0n) is 15.0. The number of alkyl halides is 2. The number of hydrogen-bond donors (Lipinski definition) is 0. The molecule has 2 aromatic carbocycles. The lowest BCUT2D eigenvalue weighted by Gasteiger charge is -2.12. The summed E-state index contributed by atoms with van der Waals surface area (Å²) >= 11 is 0. The Morgan fingerprint density at radius 3 is 2.00 bits per heavy atom. The van der Waals surface area contributed by atoms with Crippen LogP contribution in [0.5, 0.6) is 17.2 Å². The third-order valence-corrected chi connectivity index (χ3v) is 3.72. The molecular weight excluding hydrogens is 362 g/mol. The standard InChI is InChI=1S/C19H18F2O6/c1-11-16(24-2)8-13(9-17(11)25-3)18(23)26-10-15(22)12-4-6-14(7-5-12)27-19(20)21/h4-9,19H,10H2,1-3H3. The molecule has 0 aromatic heterocycles. The number of Topliss-reactive ketones (excluding diaryl/α,β-unsaturated/α-hetero) is 1. The smallest absolute Gasteiger partial charge is 0.387 e. The third kappa shape index (κ3) is 5.16. The van der Waals surface area contributed by atoms with Crippen molar-refractivity contribution in [1.82, 2.24) is 0 Å². The number of carbonyl (C=O) groups is 2. The van der Waals surface area contributed by atoms with E-state index < -0.39 is 25.0 Å². The van der Waals surface area contributed by atoms with Gasteiger partial charge in [0.15, 0.2) is 12.4 Å². The SMILES string of the molecule is COc1cc(C(=O)OCC(=O)c2ccc(OC(F)F)cc2)cc(OC)c1C. The number of methoxy groups -OCH3 is 2. The predicted molar refractivity (Wildman–Crippen MR) is 92.0 cm³/mol. The summed E-state index contributed by atoms with van der Waals surface area (Å²) in [5, 5.41) is 0. The number of hydrogen-bond acceptors (Lipinski definition) is 6. The van der Waals surface area contributed by atoms with Crippen LogP contribution in [0.4, 0.5) is 8.78 Å². The Hall–Kier alpha value is -3.16. The Labute approximate surface area is 154 Å². The first-order chi connectivity index (χ1) is 12.8. The van der Waals surface area contributed by atoms with Gasteiger partial charge in [0.1, 0.15) is 17.2 Å². The minimum absolute atomic E-state index is 0.0719. The molecule has 0 saturated carbocycles. The van der Waals surface area contributed by atoms with Crippen LogP contribution in [0.3, 0.4) is 0 Å². The van der Waals surface area contributed by atoms with E-state index in [1.807, 2.05) is 0 Å². The highest BCUT2D eigenvalue weighted by atomic mass is 19.3. The lowest BCUT2D eigenvalue weighted by atomic mass is 10.1. The number of rotatable bonds is 8.